The lowest BCUT2D eigenvalue weighted by Crippen LogP contribution is -2.45. The molecular weight excluding hydrogens is 295 g/mol. The molecule has 0 bridgehead atoms. The van der Waals surface area contributed by atoms with E-state index in [1.54, 1.807) is 0 Å². The summed E-state index contributed by atoms with van der Waals surface area (Å²) in [6, 6.07) is 4.52. The van der Waals surface area contributed by atoms with Crippen molar-refractivity contribution in [2.45, 2.75) is 44.8 Å². The smallest absolute Gasteiger partial charge is 0.396 e. The van der Waals surface area contributed by atoms with Gasteiger partial charge in [0.25, 0.3) is 0 Å². The van der Waals surface area contributed by atoms with Crippen LogP contribution in [0, 0.1) is 5.41 Å². The monoisotopic (exact) mass is 315 g/mol. The number of aliphatic hydroxyl groups is 1. The molecule has 0 spiro atoms. The van der Waals surface area contributed by atoms with Gasteiger partial charge < -0.3 is 10.4 Å². The van der Waals surface area contributed by atoms with Crippen LogP contribution in [0.4, 0.5) is 13.2 Å². The average Bonchev–Trinajstić information content (AvgIpc) is 2.80. The molecular formula is C16H20F3NO2. The number of rotatable bonds is 4. The molecule has 3 nitrogen and oxygen atoms in total. The number of hydrogen-bond donors (Lipinski definition) is 2. The molecule has 2 N–H and O–H groups in total. The highest BCUT2D eigenvalue weighted by molar-refractivity contribution is 5.79. The summed E-state index contributed by atoms with van der Waals surface area (Å²) in [5.74, 6) is -0.230. The van der Waals surface area contributed by atoms with Crippen LogP contribution in [0.2, 0.25) is 0 Å². The maximum absolute atomic E-state index is 12.5. The summed E-state index contributed by atoms with van der Waals surface area (Å²) < 4.78 is 37.4. The summed E-state index contributed by atoms with van der Waals surface area (Å²) in [6.07, 6.45) is -1.71. The maximum atomic E-state index is 12.5. The fourth-order valence-electron chi connectivity index (χ4n) is 2.91. The fourth-order valence-corrected chi connectivity index (χ4v) is 2.91. The van der Waals surface area contributed by atoms with Crippen molar-refractivity contribution in [2.24, 2.45) is 5.41 Å². The van der Waals surface area contributed by atoms with Crippen molar-refractivity contribution in [3.05, 3.63) is 35.4 Å². The molecule has 1 aliphatic carbocycles. The number of hydrogen-bond acceptors (Lipinski definition) is 2. The van der Waals surface area contributed by atoms with Gasteiger partial charge in [-0.1, -0.05) is 25.5 Å². The van der Waals surface area contributed by atoms with Crippen LogP contribution in [0.5, 0.6) is 0 Å². The number of benzene rings is 1. The van der Waals surface area contributed by atoms with Crippen molar-refractivity contribution < 1.29 is 23.1 Å². The van der Waals surface area contributed by atoms with E-state index in [9.17, 15) is 23.1 Å². The molecule has 1 aliphatic rings. The first-order valence-corrected chi connectivity index (χ1v) is 7.31. The highest BCUT2D eigenvalue weighted by Gasteiger charge is 2.39. The van der Waals surface area contributed by atoms with Crippen LogP contribution in [0.3, 0.4) is 0 Å². The lowest BCUT2D eigenvalue weighted by atomic mass is 9.85. The van der Waals surface area contributed by atoms with Gasteiger partial charge in [-0.2, -0.15) is 13.2 Å². The third-order valence-electron chi connectivity index (χ3n) is 4.42. The molecule has 2 rings (SSSR count). The topological polar surface area (TPSA) is 49.3 Å². The Morgan fingerprint density at radius 3 is 2.55 bits per heavy atom. The Balaban J connectivity index is 1.95. The lowest BCUT2D eigenvalue weighted by Gasteiger charge is -2.30. The Bertz CT molecular complexity index is 527. The van der Waals surface area contributed by atoms with Crippen molar-refractivity contribution in [3.63, 3.8) is 0 Å². The SMILES string of the molecule is CC1(CO)CCCC1NC(=O)Cc1ccc(C(F)(F)F)cc1. The molecule has 2 unspecified atom stereocenters. The van der Waals surface area contributed by atoms with E-state index >= 15 is 0 Å². The predicted molar refractivity (Wildman–Crippen MR) is 76.1 cm³/mol. The first kappa shape index (κ1) is 16.8. The third kappa shape index (κ3) is 3.80. The fraction of sp³-hybridized carbons (Fsp3) is 0.562. The van der Waals surface area contributed by atoms with Crippen molar-refractivity contribution in [1.82, 2.24) is 5.32 Å². The second kappa shape index (κ2) is 6.28. The van der Waals surface area contributed by atoms with Gasteiger partial charge in [0.15, 0.2) is 0 Å². The van der Waals surface area contributed by atoms with E-state index in [0.717, 1.165) is 31.4 Å². The maximum Gasteiger partial charge on any atom is 0.416 e. The van der Waals surface area contributed by atoms with E-state index < -0.39 is 11.7 Å². The Hall–Kier alpha value is -1.56. The molecule has 1 aromatic rings. The Labute approximate surface area is 127 Å². The molecule has 1 aromatic carbocycles. The quantitative estimate of drug-likeness (QED) is 0.897. The summed E-state index contributed by atoms with van der Waals surface area (Å²) in [5.41, 5.74) is -0.495. The second-order valence-corrected chi connectivity index (χ2v) is 6.20. The summed E-state index contributed by atoms with van der Waals surface area (Å²) in [6.45, 7) is 1.95. The van der Waals surface area contributed by atoms with Gasteiger partial charge in [-0.15, -0.1) is 0 Å². The van der Waals surface area contributed by atoms with E-state index in [0.29, 0.717) is 5.56 Å². The standard InChI is InChI=1S/C16H20F3NO2/c1-15(10-21)8-2-3-13(15)20-14(22)9-11-4-6-12(7-5-11)16(17,18)19/h4-7,13,21H,2-3,8-10H2,1H3,(H,20,22). The number of carbonyl (C=O) groups is 1. The molecule has 0 saturated heterocycles. The number of nitrogens with one attached hydrogen (secondary N) is 1. The number of aliphatic hydroxyl groups excluding tert-OH is 1. The molecule has 2 atom stereocenters. The molecule has 1 saturated carbocycles. The van der Waals surface area contributed by atoms with Crippen LogP contribution in [0.15, 0.2) is 24.3 Å². The molecule has 0 radical (unpaired) electrons. The second-order valence-electron chi connectivity index (χ2n) is 6.20. The van der Waals surface area contributed by atoms with E-state index in [2.05, 4.69) is 5.32 Å². The van der Waals surface area contributed by atoms with E-state index in [1.165, 1.54) is 12.1 Å². The molecule has 122 valence electrons. The number of carbonyl (C=O) groups excluding carboxylic acids is 1. The first-order valence-electron chi connectivity index (χ1n) is 7.31. The molecule has 0 aliphatic heterocycles. The molecule has 1 amide bonds. The molecule has 22 heavy (non-hydrogen) atoms. The third-order valence-corrected chi connectivity index (χ3v) is 4.42. The van der Waals surface area contributed by atoms with Crippen molar-refractivity contribution >= 4 is 5.91 Å². The summed E-state index contributed by atoms with van der Waals surface area (Å²) in [4.78, 5) is 12.0. The summed E-state index contributed by atoms with van der Waals surface area (Å²) in [5, 5.41) is 12.3. The zero-order chi connectivity index (χ0) is 16.4. The number of halogens is 3. The first-order chi connectivity index (χ1) is 10.2. The van der Waals surface area contributed by atoms with Gasteiger partial charge in [-0.3, -0.25) is 4.79 Å². The van der Waals surface area contributed by atoms with E-state index in [4.69, 9.17) is 0 Å². The molecule has 0 heterocycles. The minimum atomic E-state index is -4.37. The van der Waals surface area contributed by atoms with Gasteiger partial charge in [-0.25, -0.2) is 0 Å². The van der Waals surface area contributed by atoms with Gasteiger partial charge >= 0.3 is 6.18 Å². The van der Waals surface area contributed by atoms with Crippen molar-refractivity contribution in [1.29, 1.82) is 0 Å². The Morgan fingerprint density at radius 1 is 1.36 bits per heavy atom. The van der Waals surface area contributed by atoms with Crippen LogP contribution in [0.1, 0.15) is 37.3 Å². The highest BCUT2D eigenvalue weighted by atomic mass is 19.4. The summed E-state index contributed by atoms with van der Waals surface area (Å²) >= 11 is 0. The van der Waals surface area contributed by atoms with Crippen LogP contribution in [-0.2, 0) is 17.4 Å². The lowest BCUT2D eigenvalue weighted by molar-refractivity contribution is -0.137. The van der Waals surface area contributed by atoms with Crippen LogP contribution in [-0.4, -0.2) is 23.7 Å². The number of amides is 1. The minimum absolute atomic E-state index is 0.0121. The average molecular weight is 315 g/mol. The van der Waals surface area contributed by atoms with Gasteiger partial charge in [0.05, 0.1) is 18.6 Å². The normalized spacial score (nSPS) is 25.2. The molecule has 1 fully saturated rings. The van der Waals surface area contributed by atoms with Gasteiger partial charge in [-0.05, 0) is 30.5 Å². The molecule has 0 aromatic heterocycles. The Morgan fingerprint density at radius 2 is 2.00 bits per heavy atom. The molecule has 6 heteroatoms. The predicted octanol–water partition coefficient (Wildman–Crippen LogP) is 2.92. The van der Waals surface area contributed by atoms with Crippen molar-refractivity contribution in [3.8, 4) is 0 Å². The zero-order valence-electron chi connectivity index (χ0n) is 12.4. The summed E-state index contributed by atoms with van der Waals surface area (Å²) in [7, 11) is 0. The van der Waals surface area contributed by atoms with Gasteiger partial charge in [0.2, 0.25) is 5.91 Å². The van der Waals surface area contributed by atoms with E-state index in [-0.39, 0.29) is 30.4 Å². The van der Waals surface area contributed by atoms with Crippen molar-refractivity contribution in [2.75, 3.05) is 6.61 Å². The minimum Gasteiger partial charge on any atom is -0.396 e. The van der Waals surface area contributed by atoms with Gasteiger partial charge in [0.1, 0.15) is 0 Å². The van der Waals surface area contributed by atoms with Gasteiger partial charge in [0, 0.05) is 11.5 Å². The Kier molecular flexibility index (Phi) is 4.80. The highest BCUT2D eigenvalue weighted by Crippen LogP contribution is 2.37. The van der Waals surface area contributed by atoms with Crippen LogP contribution >= 0.6 is 0 Å². The van der Waals surface area contributed by atoms with Crippen LogP contribution in [0.25, 0.3) is 0 Å². The number of alkyl halides is 3. The van der Waals surface area contributed by atoms with E-state index in [1.807, 2.05) is 6.92 Å². The van der Waals surface area contributed by atoms with Crippen LogP contribution < -0.4 is 5.32 Å². The zero-order valence-corrected chi connectivity index (χ0v) is 12.4. The largest absolute Gasteiger partial charge is 0.416 e.